The summed E-state index contributed by atoms with van der Waals surface area (Å²) in [7, 11) is 3.68. The summed E-state index contributed by atoms with van der Waals surface area (Å²) in [4.78, 5) is 2.19. The number of halogens is 2. The summed E-state index contributed by atoms with van der Waals surface area (Å²) in [6, 6.07) is 4.94. The molecule has 7 heteroatoms. The monoisotopic (exact) mass is 323 g/mol. The van der Waals surface area contributed by atoms with Crippen molar-refractivity contribution < 1.29 is 13.2 Å². The number of likely N-dealkylation sites (tertiary alicyclic amines) is 1. The zero-order chi connectivity index (χ0) is 14.0. The number of hydrogen-bond acceptors (Lipinski definition) is 4. The predicted molar refractivity (Wildman–Crippen MR) is 76.5 cm³/mol. The Morgan fingerprint density at radius 2 is 2.21 bits per heavy atom. The molecule has 0 radical (unpaired) electrons. The molecule has 2 rings (SSSR count). The lowest BCUT2D eigenvalue weighted by Crippen LogP contribution is -2.21. The van der Waals surface area contributed by atoms with E-state index in [2.05, 4.69) is 4.90 Å². The molecule has 1 saturated heterocycles. The minimum Gasteiger partial charge on any atom is -0.487 e. The molecule has 1 aromatic rings. The van der Waals surface area contributed by atoms with Crippen LogP contribution in [-0.4, -0.2) is 39.6 Å². The van der Waals surface area contributed by atoms with Crippen LogP contribution in [0.3, 0.4) is 0 Å². The van der Waals surface area contributed by atoms with Gasteiger partial charge in [0.15, 0.2) is 0 Å². The first-order chi connectivity index (χ1) is 8.83. The second-order valence-electron chi connectivity index (χ2n) is 4.74. The largest absolute Gasteiger partial charge is 0.487 e. The Labute approximate surface area is 122 Å². The lowest BCUT2D eigenvalue weighted by atomic mass is 10.2. The van der Waals surface area contributed by atoms with Crippen molar-refractivity contribution in [3.8, 4) is 5.75 Å². The Morgan fingerprint density at radius 1 is 1.47 bits per heavy atom. The lowest BCUT2D eigenvalue weighted by molar-refractivity contribution is 0.208. The number of hydrogen-bond donors (Lipinski definition) is 0. The smallest absolute Gasteiger partial charge is 0.236 e. The van der Waals surface area contributed by atoms with E-state index >= 15 is 0 Å². The van der Waals surface area contributed by atoms with Crippen molar-refractivity contribution in [3.05, 3.63) is 28.8 Å². The Morgan fingerprint density at radius 3 is 2.74 bits per heavy atom. The van der Waals surface area contributed by atoms with Crippen LogP contribution in [0.4, 0.5) is 0 Å². The highest BCUT2D eigenvalue weighted by molar-refractivity contribution is 8.13. The summed E-state index contributed by atoms with van der Waals surface area (Å²) in [6.45, 7) is 1.87. The Bertz CT molecular complexity index is 562. The van der Waals surface area contributed by atoms with Crippen molar-refractivity contribution >= 4 is 31.3 Å². The van der Waals surface area contributed by atoms with E-state index in [-0.39, 0.29) is 11.9 Å². The molecular formula is C12H15Cl2NO3S. The third-order valence-electron chi connectivity index (χ3n) is 2.98. The number of likely N-dealkylation sites (N-methyl/N-ethyl adjacent to an activating group) is 1. The predicted octanol–water partition coefficient (Wildman–Crippen LogP) is 2.49. The van der Waals surface area contributed by atoms with Gasteiger partial charge in [-0.05, 0) is 31.2 Å². The van der Waals surface area contributed by atoms with E-state index in [9.17, 15) is 8.42 Å². The minimum atomic E-state index is -3.57. The molecule has 1 atom stereocenters. The Hall–Kier alpha value is -0.490. The molecule has 1 unspecified atom stereocenters. The quantitative estimate of drug-likeness (QED) is 0.799. The molecule has 1 aromatic carbocycles. The number of benzene rings is 1. The second-order valence-corrected chi connectivity index (χ2v) is 7.92. The van der Waals surface area contributed by atoms with Gasteiger partial charge < -0.3 is 9.64 Å². The highest BCUT2D eigenvalue weighted by atomic mass is 35.7. The lowest BCUT2D eigenvalue weighted by Gasteiger charge is -2.15. The molecule has 1 aliphatic rings. The van der Waals surface area contributed by atoms with Crippen LogP contribution in [-0.2, 0) is 14.8 Å². The third kappa shape index (κ3) is 4.53. The summed E-state index contributed by atoms with van der Waals surface area (Å²) >= 11 is 6.10. The van der Waals surface area contributed by atoms with Crippen molar-refractivity contribution in [3.63, 3.8) is 0 Å². The molecule has 106 valence electrons. The zero-order valence-electron chi connectivity index (χ0n) is 10.5. The highest BCUT2D eigenvalue weighted by Gasteiger charge is 2.21. The second kappa shape index (κ2) is 5.87. The van der Waals surface area contributed by atoms with Crippen LogP contribution >= 0.6 is 22.3 Å². The Kier molecular flexibility index (Phi) is 4.61. The fraction of sp³-hybridized carbons (Fsp3) is 0.500. The van der Waals surface area contributed by atoms with E-state index in [1.54, 1.807) is 18.2 Å². The van der Waals surface area contributed by atoms with Crippen LogP contribution in [0.25, 0.3) is 0 Å². The van der Waals surface area contributed by atoms with Crippen LogP contribution in [0.15, 0.2) is 18.2 Å². The molecule has 1 fully saturated rings. The first-order valence-electron chi connectivity index (χ1n) is 5.89. The van der Waals surface area contributed by atoms with Crippen LogP contribution in [0, 0.1) is 0 Å². The van der Waals surface area contributed by atoms with Crippen molar-refractivity contribution in [1.82, 2.24) is 4.90 Å². The first-order valence-corrected chi connectivity index (χ1v) is 8.75. The summed E-state index contributed by atoms with van der Waals surface area (Å²) in [5, 5.41) is 0.410. The normalized spacial score (nSPS) is 20.7. The van der Waals surface area contributed by atoms with Gasteiger partial charge in [-0.3, -0.25) is 0 Å². The van der Waals surface area contributed by atoms with E-state index in [1.165, 1.54) is 0 Å². The molecule has 19 heavy (non-hydrogen) atoms. The van der Waals surface area contributed by atoms with E-state index in [0.29, 0.717) is 16.3 Å². The van der Waals surface area contributed by atoms with E-state index in [1.807, 2.05) is 7.05 Å². The summed E-state index contributed by atoms with van der Waals surface area (Å²) < 4.78 is 27.8. The summed E-state index contributed by atoms with van der Waals surface area (Å²) in [6.07, 6.45) is 1.09. The van der Waals surface area contributed by atoms with Gasteiger partial charge >= 0.3 is 0 Å². The van der Waals surface area contributed by atoms with Crippen molar-refractivity contribution in [2.24, 2.45) is 0 Å². The first kappa shape index (κ1) is 14.9. The molecule has 0 amide bonds. The van der Waals surface area contributed by atoms with Crippen molar-refractivity contribution in [2.45, 2.75) is 18.3 Å². The van der Waals surface area contributed by atoms with Crippen molar-refractivity contribution in [2.75, 3.05) is 20.1 Å². The molecule has 0 aromatic heterocycles. The van der Waals surface area contributed by atoms with Gasteiger partial charge in [-0.25, -0.2) is 8.42 Å². The fourth-order valence-electron chi connectivity index (χ4n) is 2.10. The van der Waals surface area contributed by atoms with Gasteiger partial charge in [0.1, 0.15) is 11.9 Å². The minimum absolute atomic E-state index is 0.130. The molecule has 0 N–H and O–H groups in total. The molecule has 1 heterocycles. The maximum absolute atomic E-state index is 11.0. The maximum Gasteiger partial charge on any atom is 0.236 e. The van der Waals surface area contributed by atoms with Gasteiger partial charge in [0.05, 0.1) is 10.8 Å². The average molecular weight is 324 g/mol. The standard InChI is InChI=1S/C12H15Cl2NO3S/c1-15-5-4-10(7-15)18-12-3-2-9(6-11(12)13)8-19(14,16)17/h2-3,6,10H,4-5,7-8H2,1H3. The Balaban J connectivity index is 2.07. The highest BCUT2D eigenvalue weighted by Crippen LogP contribution is 2.28. The van der Waals surface area contributed by atoms with Crippen LogP contribution in [0.1, 0.15) is 12.0 Å². The van der Waals surface area contributed by atoms with Gasteiger partial charge in [-0.2, -0.15) is 0 Å². The number of nitrogens with zero attached hydrogens (tertiary/aromatic N) is 1. The average Bonchev–Trinajstić information content (AvgIpc) is 2.66. The number of rotatable bonds is 4. The van der Waals surface area contributed by atoms with Crippen LogP contribution in [0.2, 0.25) is 5.02 Å². The molecular weight excluding hydrogens is 309 g/mol. The van der Waals surface area contributed by atoms with E-state index in [0.717, 1.165) is 19.5 Å². The molecule has 0 spiro atoms. The zero-order valence-corrected chi connectivity index (χ0v) is 12.8. The van der Waals surface area contributed by atoms with Crippen molar-refractivity contribution in [1.29, 1.82) is 0 Å². The molecule has 0 aliphatic carbocycles. The fourth-order valence-corrected chi connectivity index (χ4v) is 3.30. The van der Waals surface area contributed by atoms with E-state index < -0.39 is 9.05 Å². The third-order valence-corrected chi connectivity index (χ3v) is 4.28. The van der Waals surface area contributed by atoms with E-state index in [4.69, 9.17) is 27.0 Å². The van der Waals surface area contributed by atoms with Gasteiger partial charge in [-0.15, -0.1) is 0 Å². The molecule has 4 nitrogen and oxygen atoms in total. The topological polar surface area (TPSA) is 46.6 Å². The summed E-state index contributed by atoms with van der Waals surface area (Å²) in [5.74, 6) is 0.346. The molecule has 0 saturated carbocycles. The molecule has 0 bridgehead atoms. The summed E-state index contributed by atoms with van der Waals surface area (Å²) in [5.41, 5.74) is 0.552. The van der Waals surface area contributed by atoms with Gasteiger partial charge in [0.2, 0.25) is 9.05 Å². The van der Waals surface area contributed by atoms with Gasteiger partial charge in [-0.1, -0.05) is 17.7 Å². The molecule has 1 aliphatic heterocycles. The van der Waals surface area contributed by atoms with Crippen LogP contribution in [0.5, 0.6) is 5.75 Å². The maximum atomic E-state index is 11.0. The van der Waals surface area contributed by atoms with Crippen LogP contribution < -0.4 is 4.74 Å². The van der Waals surface area contributed by atoms with Gasteiger partial charge in [0.25, 0.3) is 0 Å². The SMILES string of the molecule is CN1CCC(Oc2ccc(CS(=O)(=O)Cl)cc2Cl)C1. The van der Waals surface area contributed by atoms with Gasteiger partial charge in [0, 0.05) is 23.8 Å². The number of ether oxygens (including phenoxy) is 1.